The molecule has 0 heterocycles. The molecule has 0 unspecified atom stereocenters. The van der Waals surface area contributed by atoms with Gasteiger partial charge in [-0.1, -0.05) is 20.3 Å². The van der Waals surface area contributed by atoms with E-state index in [1.807, 2.05) is 6.92 Å². The van der Waals surface area contributed by atoms with Crippen molar-refractivity contribution in [3.8, 4) is 0 Å². The second-order valence-corrected chi connectivity index (χ2v) is 3.60. The highest BCUT2D eigenvalue weighted by atomic mass is 16.5. The number of esters is 1. The molecule has 3 heteroatoms. The van der Waals surface area contributed by atoms with E-state index < -0.39 is 0 Å². The average Bonchev–Trinajstić information content (AvgIpc) is 2.26. The molecule has 0 aromatic carbocycles. The standard InChI is InChI=1S/C12H24O3/c1-3-5-9-14-10-7-6-8-11-15-12(13)4-2/h3-11H2,1-2H3. The summed E-state index contributed by atoms with van der Waals surface area (Å²) in [4.78, 5) is 10.8. The Morgan fingerprint density at radius 1 is 0.933 bits per heavy atom. The molecule has 0 aliphatic carbocycles. The van der Waals surface area contributed by atoms with Crippen LogP contribution in [0, 0.1) is 0 Å². The molecule has 0 atom stereocenters. The highest BCUT2D eigenvalue weighted by Crippen LogP contribution is 1.98. The van der Waals surface area contributed by atoms with Crippen LogP contribution in [0.25, 0.3) is 0 Å². The SMILES string of the molecule is CCCCOCCCCCOC(=O)CC. The summed E-state index contributed by atoms with van der Waals surface area (Å²) in [6.07, 6.45) is 5.89. The lowest BCUT2D eigenvalue weighted by Crippen LogP contribution is -2.04. The molecule has 90 valence electrons. The van der Waals surface area contributed by atoms with Gasteiger partial charge in [-0.3, -0.25) is 4.79 Å². The molecule has 0 radical (unpaired) electrons. The maximum absolute atomic E-state index is 10.8. The molecule has 0 saturated carbocycles. The third-order valence-corrected chi connectivity index (χ3v) is 2.13. The van der Waals surface area contributed by atoms with Crippen LogP contribution in [0.15, 0.2) is 0 Å². The minimum atomic E-state index is -0.103. The van der Waals surface area contributed by atoms with Crippen LogP contribution in [-0.4, -0.2) is 25.8 Å². The topological polar surface area (TPSA) is 35.5 Å². The van der Waals surface area contributed by atoms with Gasteiger partial charge in [0.05, 0.1) is 6.61 Å². The third kappa shape index (κ3) is 11.4. The Balaban J connectivity index is 2.95. The monoisotopic (exact) mass is 216 g/mol. The van der Waals surface area contributed by atoms with Gasteiger partial charge >= 0.3 is 5.97 Å². The molecule has 0 N–H and O–H groups in total. The van der Waals surface area contributed by atoms with Crippen LogP contribution in [0.3, 0.4) is 0 Å². The van der Waals surface area contributed by atoms with Crippen LogP contribution < -0.4 is 0 Å². The summed E-state index contributed by atoms with van der Waals surface area (Å²) in [6, 6.07) is 0. The fraction of sp³-hybridized carbons (Fsp3) is 0.917. The van der Waals surface area contributed by atoms with Crippen molar-refractivity contribution in [3.63, 3.8) is 0 Å². The number of ether oxygens (including phenoxy) is 2. The summed E-state index contributed by atoms with van der Waals surface area (Å²) < 4.78 is 10.4. The van der Waals surface area contributed by atoms with Gasteiger partial charge in [-0.25, -0.2) is 0 Å². The first-order valence-corrected chi connectivity index (χ1v) is 6.04. The van der Waals surface area contributed by atoms with Gasteiger partial charge < -0.3 is 9.47 Å². The maximum atomic E-state index is 10.8. The Morgan fingerprint density at radius 3 is 2.27 bits per heavy atom. The number of carbonyl (C=O) groups is 1. The normalized spacial score (nSPS) is 10.3. The first kappa shape index (κ1) is 14.4. The van der Waals surface area contributed by atoms with E-state index in [1.165, 1.54) is 6.42 Å². The summed E-state index contributed by atoms with van der Waals surface area (Å²) in [6.45, 7) is 6.24. The van der Waals surface area contributed by atoms with E-state index in [-0.39, 0.29) is 5.97 Å². The van der Waals surface area contributed by atoms with Gasteiger partial charge in [0.25, 0.3) is 0 Å². The lowest BCUT2D eigenvalue weighted by Gasteiger charge is -2.04. The number of carbonyl (C=O) groups excluding carboxylic acids is 1. The maximum Gasteiger partial charge on any atom is 0.305 e. The Labute approximate surface area is 93.1 Å². The van der Waals surface area contributed by atoms with Crippen LogP contribution in [0.2, 0.25) is 0 Å². The predicted octanol–water partition coefficient (Wildman–Crippen LogP) is 2.93. The van der Waals surface area contributed by atoms with Crippen molar-refractivity contribution < 1.29 is 14.3 Å². The molecule has 0 rings (SSSR count). The Morgan fingerprint density at radius 2 is 1.60 bits per heavy atom. The zero-order valence-corrected chi connectivity index (χ0v) is 10.1. The number of unbranched alkanes of at least 4 members (excludes halogenated alkanes) is 3. The van der Waals surface area contributed by atoms with E-state index >= 15 is 0 Å². The second kappa shape index (κ2) is 11.5. The first-order chi connectivity index (χ1) is 7.31. The summed E-state index contributed by atoms with van der Waals surface area (Å²) in [5, 5.41) is 0. The van der Waals surface area contributed by atoms with Crippen molar-refractivity contribution in [2.24, 2.45) is 0 Å². The quantitative estimate of drug-likeness (QED) is 0.416. The smallest absolute Gasteiger partial charge is 0.305 e. The fourth-order valence-electron chi connectivity index (χ4n) is 1.12. The molecular weight excluding hydrogens is 192 g/mol. The van der Waals surface area contributed by atoms with E-state index in [0.717, 1.165) is 38.9 Å². The molecule has 3 nitrogen and oxygen atoms in total. The van der Waals surface area contributed by atoms with Crippen molar-refractivity contribution >= 4 is 5.97 Å². The fourth-order valence-corrected chi connectivity index (χ4v) is 1.12. The summed E-state index contributed by atoms with van der Waals surface area (Å²) in [7, 11) is 0. The van der Waals surface area contributed by atoms with Crippen molar-refractivity contribution in [1.82, 2.24) is 0 Å². The van der Waals surface area contributed by atoms with Gasteiger partial charge in [-0.15, -0.1) is 0 Å². The molecule has 0 aromatic heterocycles. The largest absolute Gasteiger partial charge is 0.466 e. The van der Waals surface area contributed by atoms with Gasteiger partial charge in [0.1, 0.15) is 0 Å². The third-order valence-electron chi connectivity index (χ3n) is 2.13. The molecule has 0 amide bonds. The molecule has 0 fully saturated rings. The minimum absolute atomic E-state index is 0.103. The lowest BCUT2D eigenvalue weighted by atomic mass is 10.2. The molecule has 0 aromatic rings. The van der Waals surface area contributed by atoms with E-state index in [1.54, 1.807) is 0 Å². The van der Waals surface area contributed by atoms with Crippen LogP contribution in [-0.2, 0) is 14.3 Å². The van der Waals surface area contributed by atoms with Crippen LogP contribution in [0.5, 0.6) is 0 Å². The molecule has 0 aliphatic heterocycles. The van der Waals surface area contributed by atoms with E-state index in [0.29, 0.717) is 13.0 Å². The number of rotatable bonds is 10. The first-order valence-electron chi connectivity index (χ1n) is 6.04. The highest BCUT2D eigenvalue weighted by molar-refractivity contribution is 5.68. The van der Waals surface area contributed by atoms with Gasteiger partial charge in [-0.05, 0) is 25.7 Å². The zero-order valence-electron chi connectivity index (χ0n) is 10.1. The Hall–Kier alpha value is -0.570. The summed E-state index contributed by atoms with van der Waals surface area (Å²) in [5.74, 6) is -0.103. The van der Waals surface area contributed by atoms with Gasteiger partial charge in [-0.2, -0.15) is 0 Å². The van der Waals surface area contributed by atoms with Crippen molar-refractivity contribution in [3.05, 3.63) is 0 Å². The molecule has 0 bridgehead atoms. The number of hydrogen-bond acceptors (Lipinski definition) is 3. The van der Waals surface area contributed by atoms with Gasteiger partial charge in [0.15, 0.2) is 0 Å². The van der Waals surface area contributed by atoms with E-state index in [9.17, 15) is 4.79 Å². The molecule has 15 heavy (non-hydrogen) atoms. The molecule has 0 aliphatic rings. The van der Waals surface area contributed by atoms with Crippen LogP contribution in [0.4, 0.5) is 0 Å². The highest BCUT2D eigenvalue weighted by Gasteiger charge is 1.97. The van der Waals surface area contributed by atoms with Crippen molar-refractivity contribution in [2.75, 3.05) is 19.8 Å². The van der Waals surface area contributed by atoms with E-state index in [4.69, 9.17) is 9.47 Å². The van der Waals surface area contributed by atoms with Crippen LogP contribution >= 0.6 is 0 Å². The Bertz CT molecular complexity index is 146. The molecule has 0 spiro atoms. The predicted molar refractivity (Wildman–Crippen MR) is 60.8 cm³/mol. The Kier molecular flexibility index (Phi) is 11.1. The lowest BCUT2D eigenvalue weighted by molar-refractivity contribution is -0.143. The van der Waals surface area contributed by atoms with Gasteiger partial charge in [0.2, 0.25) is 0 Å². The number of hydrogen-bond donors (Lipinski definition) is 0. The van der Waals surface area contributed by atoms with Crippen molar-refractivity contribution in [1.29, 1.82) is 0 Å². The molecular formula is C12H24O3. The van der Waals surface area contributed by atoms with Crippen LogP contribution in [0.1, 0.15) is 52.4 Å². The zero-order chi connectivity index (χ0) is 11.4. The average molecular weight is 216 g/mol. The second-order valence-electron chi connectivity index (χ2n) is 3.60. The summed E-state index contributed by atoms with van der Waals surface area (Å²) >= 11 is 0. The summed E-state index contributed by atoms with van der Waals surface area (Å²) in [5.41, 5.74) is 0. The van der Waals surface area contributed by atoms with Crippen molar-refractivity contribution in [2.45, 2.75) is 52.4 Å². The minimum Gasteiger partial charge on any atom is -0.466 e. The van der Waals surface area contributed by atoms with E-state index in [2.05, 4.69) is 6.92 Å². The molecule has 0 saturated heterocycles. The van der Waals surface area contributed by atoms with Gasteiger partial charge in [0, 0.05) is 19.6 Å².